The SMILES string of the molecule is O=CCCc1coc2c(O)c3ccccc3cc12. The van der Waals surface area contributed by atoms with Gasteiger partial charge in [0, 0.05) is 17.2 Å². The highest BCUT2D eigenvalue weighted by Gasteiger charge is 2.12. The molecule has 1 N–H and O–H groups in total. The highest BCUT2D eigenvalue weighted by Crippen LogP contribution is 2.36. The third-order valence-corrected chi connectivity index (χ3v) is 3.17. The number of carbonyl (C=O) groups excluding carboxylic acids is 1. The Morgan fingerprint density at radius 2 is 2.06 bits per heavy atom. The van der Waals surface area contributed by atoms with Gasteiger partial charge in [0.25, 0.3) is 0 Å². The van der Waals surface area contributed by atoms with Gasteiger partial charge in [-0.25, -0.2) is 0 Å². The normalized spacial score (nSPS) is 11.1. The number of aryl methyl sites for hydroxylation is 1. The van der Waals surface area contributed by atoms with E-state index in [4.69, 9.17) is 4.42 Å². The topological polar surface area (TPSA) is 50.4 Å². The lowest BCUT2D eigenvalue weighted by Gasteiger charge is -2.02. The average Bonchev–Trinajstić information content (AvgIpc) is 2.80. The Morgan fingerprint density at radius 3 is 2.89 bits per heavy atom. The summed E-state index contributed by atoms with van der Waals surface area (Å²) in [4.78, 5) is 10.4. The van der Waals surface area contributed by atoms with E-state index >= 15 is 0 Å². The Bertz CT molecular complexity index is 725. The monoisotopic (exact) mass is 240 g/mol. The quantitative estimate of drug-likeness (QED) is 0.713. The Balaban J connectivity index is 2.28. The molecule has 3 heteroatoms. The second-order valence-corrected chi connectivity index (χ2v) is 4.29. The van der Waals surface area contributed by atoms with Crippen LogP contribution in [0, 0.1) is 0 Å². The fourth-order valence-corrected chi connectivity index (χ4v) is 2.27. The standard InChI is InChI=1S/C15H12O3/c16-7-3-5-11-9-18-15-13(11)8-10-4-1-2-6-12(10)14(15)17/h1-2,4,6-9,17H,3,5H2. The van der Waals surface area contributed by atoms with Gasteiger partial charge in [-0.05, 0) is 23.4 Å². The first-order valence-corrected chi connectivity index (χ1v) is 5.85. The van der Waals surface area contributed by atoms with Crippen molar-refractivity contribution in [2.75, 3.05) is 0 Å². The number of fused-ring (bicyclic) bond motifs is 2. The molecule has 1 heterocycles. The van der Waals surface area contributed by atoms with Crippen molar-refractivity contribution in [3.05, 3.63) is 42.2 Å². The molecule has 0 radical (unpaired) electrons. The van der Waals surface area contributed by atoms with Gasteiger partial charge in [0.2, 0.25) is 0 Å². The molecule has 0 atom stereocenters. The van der Waals surface area contributed by atoms with Gasteiger partial charge in [-0.1, -0.05) is 24.3 Å². The summed E-state index contributed by atoms with van der Waals surface area (Å²) in [5.41, 5.74) is 1.45. The smallest absolute Gasteiger partial charge is 0.176 e. The largest absolute Gasteiger partial charge is 0.504 e. The molecule has 0 aliphatic heterocycles. The van der Waals surface area contributed by atoms with Crippen molar-refractivity contribution in [2.45, 2.75) is 12.8 Å². The van der Waals surface area contributed by atoms with Gasteiger partial charge in [-0.2, -0.15) is 0 Å². The number of hydrogen-bond donors (Lipinski definition) is 1. The summed E-state index contributed by atoms with van der Waals surface area (Å²) in [6, 6.07) is 9.61. The van der Waals surface area contributed by atoms with Crippen LogP contribution in [0.2, 0.25) is 0 Å². The third-order valence-electron chi connectivity index (χ3n) is 3.17. The molecule has 2 aromatic carbocycles. The molecule has 0 amide bonds. The Labute approximate surface area is 104 Å². The summed E-state index contributed by atoms with van der Waals surface area (Å²) in [6.45, 7) is 0. The van der Waals surface area contributed by atoms with Crippen molar-refractivity contribution < 1.29 is 14.3 Å². The maximum Gasteiger partial charge on any atom is 0.176 e. The second kappa shape index (κ2) is 4.18. The lowest BCUT2D eigenvalue weighted by molar-refractivity contribution is -0.107. The van der Waals surface area contributed by atoms with Crippen LogP contribution in [0.3, 0.4) is 0 Å². The van der Waals surface area contributed by atoms with E-state index in [1.54, 1.807) is 6.26 Å². The van der Waals surface area contributed by atoms with Crippen LogP contribution in [0.1, 0.15) is 12.0 Å². The van der Waals surface area contributed by atoms with Crippen molar-refractivity contribution in [1.82, 2.24) is 0 Å². The molecule has 0 saturated heterocycles. The lowest BCUT2D eigenvalue weighted by atomic mass is 10.0. The fourth-order valence-electron chi connectivity index (χ4n) is 2.27. The summed E-state index contributed by atoms with van der Waals surface area (Å²) in [6.07, 6.45) is 3.60. The highest BCUT2D eigenvalue weighted by atomic mass is 16.3. The van der Waals surface area contributed by atoms with E-state index in [0.717, 1.165) is 28.0 Å². The number of hydrogen-bond acceptors (Lipinski definition) is 3. The number of rotatable bonds is 3. The van der Waals surface area contributed by atoms with Crippen molar-refractivity contribution >= 4 is 28.0 Å². The number of aldehydes is 1. The van der Waals surface area contributed by atoms with E-state index in [-0.39, 0.29) is 5.75 Å². The van der Waals surface area contributed by atoms with Crippen LogP contribution in [0.25, 0.3) is 21.7 Å². The molecule has 0 fully saturated rings. The Morgan fingerprint density at radius 1 is 1.22 bits per heavy atom. The van der Waals surface area contributed by atoms with Gasteiger partial charge in [0.05, 0.1) is 6.26 Å². The molecule has 90 valence electrons. The number of phenolic OH excluding ortho intramolecular Hbond substituents is 1. The van der Waals surface area contributed by atoms with E-state index in [1.807, 2.05) is 30.3 Å². The van der Waals surface area contributed by atoms with Crippen LogP contribution in [0.4, 0.5) is 0 Å². The number of aromatic hydroxyl groups is 1. The molecular weight excluding hydrogens is 228 g/mol. The maximum atomic E-state index is 10.4. The molecule has 0 aliphatic carbocycles. The fraction of sp³-hybridized carbons (Fsp3) is 0.133. The molecule has 3 aromatic rings. The van der Waals surface area contributed by atoms with Gasteiger partial charge in [0.15, 0.2) is 11.3 Å². The third kappa shape index (κ3) is 1.56. The predicted molar refractivity (Wildman–Crippen MR) is 69.8 cm³/mol. The van der Waals surface area contributed by atoms with Gasteiger partial charge >= 0.3 is 0 Å². The predicted octanol–water partition coefficient (Wildman–Crippen LogP) is 3.42. The average molecular weight is 240 g/mol. The lowest BCUT2D eigenvalue weighted by Crippen LogP contribution is -1.84. The number of phenols is 1. The van der Waals surface area contributed by atoms with Gasteiger partial charge < -0.3 is 14.3 Å². The van der Waals surface area contributed by atoms with E-state index in [1.165, 1.54) is 0 Å². The molecular formula is C15H12O3. The van der Waals surface area contributed by atoms with Gasteiger partial charge in [-0.15, -0.1) is 0 Å². The highest BCUT2D eigenvalue weighted by molar-refractivity contribution is 6.03. The van der Waals surface area contributed by atoms with Gasteiger partial charge in [-0.3, -0.25) is 0 Å². The van der Waals surface area contributed by atoms with Crippen LogP contribution in [0.5, 0.6) is 5.75 Å². The van der Waals surface area contributed by atoms with Crippen molar-refractivity contribution in [1.29, 1.82) is 0 Å². The Hall–Kier alpha value is -2.29. The molecule has 0 unspecified atom stereocenters. The zero-order valence-corrected chi connectivity index (χ0v) is 9.72. The molecule has 1 aromatic heterocycles. The van der Waals surface area contributed by atoms with Gasteiger partial charge in [0.1, 0.15) is 6.29 Å². The first kappa shape index (κ1) is 10.8. The minimum Gasteiger partial charge on any atom is -0.504 e. The minimum atomic E-state index is 0.167. The molecule has 0 aliphatic rings. The van der Waals surface area contributed by atoms with E-state index in [9.17, 15) is 9.90 Å². The summed E-state index contributed by atoms with van der Waals surface area (Å²) in [7, 11) is 0. The zero-order valence-electron chi connectivity index (χ0n) is 9.72. The number of benzene rings is 2. The van der Waals surface area contributed by atoms with E-state index in [0.29, 0.717) is 18.4 Å². The zero-order chi connectivity index (χ0) is 12.5. The van der Waals surface area contributed by atoms with Crippen LogP contribution in [-0.4, -0.2) is 11.4 Å². The van der Waals surface area contributed by atoms with Crippen molar-refractivity contribution in [2.24, 2.45) is 0 Å². The Kier molecular flexibility index (Phi) is 2.52. The van der Waals surface area contributed by atoms with E-state index < -0.39 is 0 Å². The summed E-state index contributed by atoms with van der Waals surface area (Å²) in [5.74, 6) is 0.167. The van der Waals surface area contributed by atoms with Crippen molar-refractivity contribution in [3.63, 3.8) is 0 Å². The summed E-state index contributed by atoms with van der Waals surface area (Å²) >= 11 is 0. The van der Waals surface area contributed by atoms with Crippen LogP contribution in [-0.2, 0) is 11.2 Å². The molecule has 18 heavy (non-hydrogen) atoms. The van der Waals surface area contributed by atoms with Crippen LogP contribution < -0.4 is 0 Å². The molecule has 0 bridgehead atoms. The summed E-state index contributed by atoms with van der Waals surface area (Å²) < 4.78 is 5.42. The molecule has 3 nitrogen and oxygen atoms in total. The molecule has 3 rings (SSSR count). The molecule has 0 spiro atoms. The number of furan rings is 1. The minimum absolute atomic E-state index is 0.167. The maximum absolute atomic E-state index is 10.4. The van der Waals surface area contributed by atoms with Crippen LogP contribution in [0.15, 0.2) is 41.0 Å². The van der Waals surface area contributed by atoms with E-state index in [2.05, 4.69) is 0 Å². The first-order chi connectivity index (χ1) is 8.81. The molecule has 0 saturated carbocycles. The first-order valence-electron chi connectivity index (χ1n) is 5.85. The van der Waals surface area contributed by atoms with Crippen LogP contribution >= 0.6 is 0 Å². The number of carbonyl (C=O) groups is 1. The second-order valence-electron chi connectivity index (χ2n) is 4.29. The summed E-state index contributed by atoms with van der Waals surface area (Å²) in [5, 5.41) is 12.8. The van der Waals surface area contributed by atoms with Crippen molar-refractivity contribution in [3.8, 4) is 5.75 Å².